The molecule has 1 atom stereocenters. The number of anilines is 2. The number of sulfone groups is 1. The molecular weight excluding hydrogens is 312 g/mol. The number of benzene rings is 1. The van der Waals surface area contributed by atoms with E-state index < -0.39 is 15.8 Å². The van der Waals surface area contributed by atoms with Gasteiger partial charge in [-0.2, -0.15) is 0 Å². The predicted octanol–water partition coefficient (Wildman–Crippen LogP) is 2.30. The van der Waals surface area contributed by atoms with Crippen LogP contribution in [0.15, 0.2) is 24.3 Å². The van der Waals surface area contributed by atoms with Crippen LogP contribution in [0.1, 0.15) is 26.2 Å². The van der Waals surface area contributed by atoms with E-state index in [-0.39, 0.29) is 17.4 Å². The van der Waals surface area contributed by atoms with Gasteiger partial charge in [0.25, 0.3) is 0 Å². The standard InChI is InChI=1S/C17H24N2O3S/c1-13-6-9-19(10-7-13)16-4-2-15(3-5-16)18-17(20)14-8-11-23(21,22)12-14/h2-5,13-14H,6-12H2,1H3,(H,18,20). The van der Waals surface area contributed by atoms with Crippen molar-refractivity contribution in [2.75, 3.05) is 34.8 Å². The van der Waals surface area contributed by atoms with Crippen molar-refractivity contribution in [3.63, 3.8) is 0 Å². The topological polar surface area (TPSA) is 66.5 Å². The van der Waals surface area contributed by atoms with Gasteiger partial charge in [0.15, 0.2) is 9.84 Å². The van der Waals surface area contributed by atoms with E-state index >= 15 is 0 Å². The number of carbonyl (C=O) groups is 1. The molecule has 0 bridgehead atoms. The summed E-state index contributed by atoms with van der Waals surface area (Å²) in [5.41, 5.74) is 1.91. The average Bonchev–Trinajstić information content (AvgIpc) is 2.89. The van der Waals surface area contributed by atoms with Crippen molar-refractivity contribution < 1.29 is 13.2 Å². The Kier molecular flexibility index (Phi) is 4.62. The lowest BCUT2D eigenvalue weighted by atomic mass is 9.99. The largest absolute Gasteiger partial charge is 0.372 e. The van der Waals surface area contributed by atoms with Crippen LogP contribution in [0, 0.1) is 11.8 Å². The highest BCUT2D eigenvalue weighted by Gasteiger charge is 2.32. The SMILES string of the molecule is CC1CCN(c2ccc(NC(=O)C3CCS(=O)(=O)C3)cc2)CC1. The molecule has 2 fully saturated rings. The number of rotatable bonds is 3. The Morgan fingerprint density at radius 2 is 1.78 bits per heavy atom. The summed E-state index contributed by atoms with van der Waals surface area (Å²) in [6.45, 7) is 4.44. The van der Waals surface area contributed by atoms with E-state index in [0.717, 1.165) is 24.7 Å². The lowest BCUT2D eigenvalue weighted by Crippen LogP contribution is -2.32. The maximum atomic E-state index is 12.1. The molecule has 126 valence electrons. The van der Waals surface area contributed by atoms with Gasteiger partial charge in [-0.15, -0.1) is 0 Å². The van der Waals surface area contributed by atoms with Crippen LogP contribution in [-0.2, 0) is 14.6 Å². The second kappa shape index (κ2) is 6.51. The maximum Gasteiger partial charge on any atom is 0.228 e. The summed E-state index contributed by atoms with van der Waals surface area (Å²) in [5, 5.41) is 2.84. The number of piperidine rings is 1. The Morgan fingerprint density at radius 1 is 1.13 bits per heavy atom. The smallest absolute Gasteiger partial charge is 0.228 e. The van der Waals surface area contributed by atoms with E-state index in [9.17, 15) is 13.2 Å². The van der Waals surface area contributed by atoms with E-state index in [1.165, 1.54) is 18.5 Å². The van der Waals surface area contributed by atoms with E-state index in [4.69, 9.17) is 0 Å². The molecule has 1 N–H and O–H groups in total. The molecule has 2 aliphatic rings. The lowest BCUT2D eigenvalue weighted by molar-refractivity contribution is -0.119. The van der Waals surface area contributed by atoms with Gasteiger partial charge >= 0.3 is 0 Å². The first-order valence-electron chi connectivity index (χ1n) is 8.29. The van der Waals surface area contributed by atoms with Crippen molar-refractivity contribution in [3.8, 4) is 0 Å². The van der Waals surface area contributed by atoms with Crippen LogP contribution in [0.25, 0.3) is 0 Å². The first-order valence-corrected chi connectivity index (χ1v) is 10.1. The third kappa shape index (κ3) is 4.05. The Balaban J connectivity index is 1.58. The minimum Gasteiger partial charge on any atom is -0.372 e. The fraction of sp³-hybridized carbons (Fsp3) is 0.588. The van der Waals surface area contributed by atoms with Gasteiger partial charge in [0.1, 0.15) is 0 Å². The summed E-state index contributed by atoms with van der Waals surface area (Å²) in [6.07, 6.45) is 2.86. The first-order chi connectivity index (χ1) is 10.9. The van der Waals surface area contributed by atoms with E-state index in [0.29, 0.717) is 6.42 Å². The van der Waals surface area contributed by atoms with Gasteiger partial charge < -0.3 is 10.2 Å². The van der Waals surface area contributed by atoms with Crippen molar-refractivity contribution in [3.05, 3.63) is 24.3 Å². The molecule has 5 nitrogen and oxygen atoms in total. The van der Waals surface area contributed by atoms with Crippen LogP contribution >= 0.6 is 0 Å². The van der Waals surface area contributed by atoms with Gasteiger partial charge in [-0.25, -0.2) is 8.42 Å². The van der Waals surface area contributed by atoms with Crippen molar-refractivity contribution >= 4 is 27.1 Å². The highest BCUT2D eigenvalue weighted by Crippen LogP contribution is 2.25. The number of hydrogen-bond acceptors (Lipinski definition) is 4. The zero-order valence-corrected chi connectivity index (χ0v) is 14.3. The normalized spacial score (nSPS) is 24.6. The van der Waals surface area contributed by atoms with Crippen LogP contribution in [0.3, 0.4) is 0 Å². The molecule has 2 heterocycles. The minimum absolute atomic E-state index is 0.0249. The molecule has 2 aliphatic heterocycles. The summed E-state index contributed by atoms with van der Waals surface area (Å²) in [5.74, 6) is 0.293. The Hall–Kier alpha value is -1.56. The number of nitrogens with zero attached hydrogens (tertiary/aromatic N) is 1. The van der Waals surface area contributed by atoms with Crippen LogP contribution < -0.4 is 10.2 Å². The molecule has 1 aromatic carbocycles. The molecule has 0 spiro atoms. The summed E-state index contributed by atoms with van der Waals surface area (Å²) in [6, 6.07) is 7.84. The van der Waals surface area contributed by atoms with Gasteiger partial charge in [0, 0.05) is 24.5 Å². The number of hydrogen-bond donors (Lipinski definition) is 1. The quantitative estimate of drug-likeness (QED) is 0.920. The van der Waals surface area contributed by atoms with E-state index in [2.05, 4.69) is 17.1 Å². The fourth-order valence-electron chi connectivity index (χ4n) is 3.27. The summed E-state index contributed by atoms with van der Waals surface area (Å²) >= 11 is 0. The Labute approximate surface area is 138 Å². The van der Waals surface area contributed by atoms with Crippen molar-refractivity contribution in [1.82, 2.24) is 0 Å². The van der Waals surface area contributed by atoms with Gasteiger partial charge in [0.2, 0.25) is 5.91 Å². The minimum atomic E-state index is -3.03. The highest BCUT2D eigenvalue weighted by molar-refractivity contribution is 7.91. The summed E-state index contributed by atoms with van der Waals surface area (Å²) in [4.78, 5) is 14.5. The summed E-state index contributed by atoms with van der Waals surface area (Å²) < 4.78 is 22.9. The van der Waals surface area contributed by atoms with Crippen LogP contribution in [0.4, 0.5) is 11.4 Å². The molecule has 1 unspecified atom stereocenters. The van der Waals surface area contributed by atoms with Gasteiger partial charge in [0.05, 0.1) is 17.4 Å². The zero-order valence-electron chi connectivity index (χ0n) is 13.5. The number of nitrogens with one attached hydrogen (secondary N) is 1. The average molecular weight is 336 g/mol. The van der Waals surface area contributed by atoms with Crippen LogP contribution in [-0.4, -0.2) is 38.9 Å². The third-order valence-electron chi connectivity index (χ3n) is 4.89. The lowest BCUT2D eigenvalue weighted by Gasteiger charge is -2.32. The number of carbonyl (C=O) groups excluding carboxylic acids is 1. The first kappa shape index (κ1) is 16.3. The molecular formula is C17H24N2O3S. The zero-order chi connectivity index (χ0) is 16.4. The maximum absolute atomic E-state index is 12.1. The predicted molar refractivity (Wildman–Crippen MR) is 92.4 cm³/mol. The molecule has 2 saturated heterocycles. The van der Waals surface area contributed by atoms with Gasteiger partial charge in [-0.3, -0.25) is 4.79 Å². The Morgan fingerprint density at radius 3 is 2.35 bits per heavy atom. The van der Waals surface area contributed by atoms with Crippen LogP contribution in [0.2, 0.25) is 0 Å². The van der Waals surface area contributed by atoms with Crippen molar-refractivity contribution in [2.24, 2.45) is 11.8 Å². The van der Waals surface area contributed by atoms with E-state index in [1.807, 2.05) is 24.3 Å². The molecule has 0 aromatic heterocycles. The monoisotopic (exact) mass is 336 g/mol. The van der Waals surface area contributed by atoms with Gasteiger partial charge in [-0.1, -0.05) is 6.92 Å². The molecule has 1 aromatic rings. The van der Waals surface area contributed by atoms with Crippen LogP contribution in [0.5, 0.6) is 0 Å². The molecule has 6 heteroatoms. The molecule has 0 aliphatic carbocycles. The highest BCUT2D eigenvalue weighted by atomic mass is 32.2. The number of amides is 1. The Bertz CT molecular complexity index is 662. The molecule has 23 heavy (non-hydrogen) atoms. The van der Waals surface area contributed by atoms with Crippen molar-refractivity contribution in [2.45, 2.75) is 26.2 Å². The second-order valence-electron chi connectivity index (χ2n) is 6.81. The second-order valence-corrected chi connectivity index (χ2v) is 9.03. The molecule has 3 rings (SSSR count). The molecule has 0 radical (unpaired) electrons. The third-order valence-corrected chi connectivity index (χ3v) is 6.65. The summed E-state index contributed by atoms with van der Waals surface area (Å²) in [7, 11) is -3.03. The van der Waals surface area contributed by atoms with E-state index in [1.54, 1.807) is 0 Å². The van der Waals surface area contributed by atoms with Gasteiger partial charge in [-0.05, 0) is 49.4 Å². The van der Waals surface area contributed by atoms with Crippen molar-refractivity contribution in [1.29, 1.82) is 0 Å². The molecule has 1 amide bonds. The fourth-order valence-corrected chi connectivity index (χ4v) is 5.01. The molecule has 0 saturated carbocycles.